The Hall–Kier alpha value is -2.75. The normalized spacial score (nSPS) is 13.9. The number of hydrogen-bond donors (Lipinski definition) is 0. The van der Waals surface area contributed by atoms with Gasteiger partial charge in [0.2, 0.25) is 0 Å². The Balaban J connectivity index is 1.65. The lowest BCUT2D eigenvalue weighted by atomic mass is 9.90. The van der Waals surface area contributed by atoms with Crippen molar-refractivity contribution in [1.82, 2.24) is 0 Å². The highest BCUT2D eigenvalue weighted by Gasteiger charge is 2.43. The fourth-order valence-corrected chi connectivity index (χ4v) is 4.34. The molecule has 1 aliphatic rings. The molecule has 0 saturated heterocycles. The maximum atomic E-state index is 15.1. The lowest BCUT2D eigenvalue weighted by molar-refractivity contribution is -0.188. The number of fused-ring (bicyclic) bond motifs is 3. The highest BCUT2D eigenvalue weighted by atomic mass is 19.3. The van der Waals surface area contributed by atoms with Crippen molar-refractivity contribution in [2.24, 2.45) is 0 Å². The SMILES string of the molecule is CCCCCCCc1ccc2c(c1F)OC(F)(F)c1cc(-c3ccc(CC)cc3)ccc1-2. The molecule has 0 spiro atoms. The Kier molecular flexibility index (Phi) is 6.59. The number of unbranched alkanes of at least 4 members (excludes halogenated alkanes) is 4. The van der Waals surface area contributed by atoms with Crippen molar-refractivity contribution in [3.8, 4) is 28.0 Å². The minimum absolute atomic E-state index is 0.228. The summed E-state index contributed by atoms with van der Waals surface area (Å²) < 4.78 is 50.1. The zero-order valence-electron chi connectivity index (χ0n) is 18.7. The maximum Gasteiger partial charge on any atom is 0.427 e. The molecule has 1 aliphatic heterocycles. The molecule has 0 aliphatic carbocycles. The van der Waals surface area contributed by atoms with Gasteiger partial charge in [0.15, 0.2) is 11.6 Å². The Bertz CT molecular complexity index is 1090. The highest BCUT2D eigenvalue weighted by Crippen LogP contribution is 2.49. The fraction of sp³-hybridized carbons (Fsp3) is 0.357. The van der Waals surface area contributed by atoms with E-state index in [1.807, 2.05) is 30.3 Å². The number of rotatable bonds is 8. The Labute approximate surface area is 188 Å². The Morgan fingerprint density at radius 3 is 2.19 bits per heavy atom. The van der Waals surface area contributed by atoms with Crippen molar-refractivity contribution >= 4 is 0 Å². The van der Waals surface area contributed by atoms with Crippen LogP contribution in [0.3, 0.4) is 0 Å². The first-order chi connectivity index (χ1) is 15.4. The summed E-state index contributed by atoms with van der Waals surface area (Å²) in [5.41, 5.74) is 3.63. The van der Waals surface area contributed by atoms with Crippen LogP contribution < -0.4 is 4.74 Å². The molecule has 3 aromatic rings. The van der Waals surface area contributed by atoms with Crippen LogP contribution in [0.25, 0.3) is 22.3 Å². The van der Waals surface area contributed by atoms with E-state index in [2.05, 4.69) is 13.8 Å². The van der Waals surface area contributed by atoms with E-state index >= 15 is 13.2 Å². The van der Waals surface area contributed by atoms with Crippen LogP contribution in [0.5, 0.6) is 5.75 Å². The van der Waals surface area contributed by atoms with Crippen molar-refractivity contribution in [2.75, 3.05) is 0 Å². The van der Waals surface area contributed by atoms with Gasteiger partial charge in [0.1, 0.15) is 0 Å². The predicted octanol–water partition coefficient (Wildman–Crippen LogP) is 8.68. The molecule has 4 heteroatoms. The summed E-state index contributed by atoms with van der Waals surface area (Å²) in [4.78, 5) is 0. The molecular weight excluding hydrogens is 409 g/mol. The number of ether oxygens (including phenoxy) is 1. The molecule has 0 radical (unpaired) electrons. The molecule has 0 fully saturated rings. The lowest BCUT2D eigenvalue weighted by Crippen LogP contribution is -2.27. The minimum atomic E-state index is -3.59. The summed E-state index contributed by atoms with van der Waals surface area (Å²) in [6.07, 6.45) is 3.09. The average molecular weight is 439 g/mol. The second-order valence-corrected chi connectivity index (χ2v) is 8.51. The van der Waals surface area contributed by atoms with Crippen LogP contribution in [0.1, 0.15) is 62.6 Å². The van der Waals surface area contributed by atoms with Gasteiger partial charge in [-0.05, 0) is 53.1 Å². The number of benzene rings is 3. The van der Waals surface area contributed by atoms with E-state index in [4.69, 9.17) is 4.74 Å². The summed E-state index contributed by atoms with van der Waals surface area (Å²) in [5.74, 6) is -1.00. The summed E-state index contributed by atoms with van der Waals surface area (Å²) in [6, 6.07) is 16.2. The third kappa shape index (κ3) is 4.41. The van der Waals surface area contributed by atoms with Crippen LogP contribution in [0.2, 0.25) is 0 Å². The highest BCUT2D eigenvalue weighted by molar-refractivity contribution is 5.80. The van der Waals surface area contributed by atoms with E-state index in [1.54, 1.807) is 18.2 Å². The van der Waals surface area contributed by atoms with Gasteiger partial charge in [0.05, 0.1) is 5.56 Å². The van der Waals surface area contributed by atoms with Gasteiger partial charge in [-0.15, -0.1) is 0 Å². The largest absolute Gasteiger partial charge is 0.427 e. The van der Waals surface area contributed by atoms with E-state index in [0.717, 1.165) is 44.1 Å². The quantitative estimate of drug-likeness (QED) is 0.320. The third-order valence-electron chi connectivity index (χ3n) is 6.28. The molecule has 0 saturated carbocycles. The smallest absolute Gasteiger partial charge is 0.425 e. The Morgan fingerprint density at radius 1 is 0.781 bits per heavy atom. The molecule has 0 unspecified atom stereocenters. The standard InChI is InChI=1S/C28H29F3O/c1-3-5-6-7-8-9-21-14-17-24-23-16-15-22(20-12-10-19(4-2)11-13-20)18-25(23)28(30,31)32-27(24)26(21)29/h10-18H,3-9H2,1-2H3. The van der Waals surface area contributed by atoms with E-state index < -0.39 is 11.9 Å². The van der Waals surface area contributed by atoms with Crippen LogP contribution in [-0.2, 0) is 19.0 Å². The predicted molar refractivity (Wildman–Crippen MR) is 124 cm³/mol. The van der Waals surface area contributed by atoms with Crippen LogP contribution in [0, 0.1) is 5.82 Å². The maximum absolute atomic E-state index is 15.1. The van der Waals surface area contributed by atoms with Gasteiger partial charge in [-0.2, -0.15) is 8.78 Å². The summed E-state index contributed by atoms with van der Waals surface area (Å²) in [7, 11) is 0. The molecule has 4 rings (SSSR count). The molecule has 3 aromatic carbocycles. The molecule has 32 heavy (non-hydrogen) atoms. The number of aryl methyl sites for hydroxylation is 2. The molecule has 0 bridgehead atoms. The van der Waals surface area contributed by atoms with Crippen molar-refractivity contribution in [3.63, 3.8) is 0 Å². The molecule has 0 amide bonds. The molecule has 1 nitrogen and oxygen atoms in total. The molecule has 1 heterocycles. The molecule has 0 aromatic heterocycles. The van der Waals surface area contributed by atoms with Gasteiger partial charge >= 0.3 is 6.11 Å². The number of halogens is 3. The zero-order valence-corrected chi connectivity index (χ0v) is 18.7. The van der Waals surface area contributed by atoms with Crippen LogP contribution in [0.15, 0.2) is 54.6 Å². The second-order valence-electron chi connectivity index (χ2n) is 8.51. The minimum Gasteiger partial charge on any atom is -0.425 e. The lowest BCUT2D eigenvalue weighted by Gasteiger charge is -2.29. The van der Waals surface area contributed by atoms with Crippen LogP contribution >= 0.6 is 0 Å². The summed E-state index contributed by atoms with van der Waals surface area (Å²) >= 11 is 0. The third-order valence-corrected chi connectivity index (χ3v) is 6.28. The summed E-state index contributed by atoms with van der Waals surface area (Å²) in [5, 5.41) is 0. The first kappa shape index (κ1) is 22.4. The first-order valence-corrected chi connectivity index (χ1v) is 11.6. The van der Waals surface area contributed by atoms with Crippen molar-refractivity contribution in [2.45, 2.75) is 64.9 Å². The number of hydrogen-bond acceptors (Lipinski definition) is 1. The van der Waals surface area contributed by atoms with Gasteiger partial charge in [-0.1, -0.05) is 88.1 Å². The zero-order chi connectivity index (χ0) is 22.7. The molecule has 0 N–H and O–H groups in total. The van der Waals surface area contributed by atoms with Gasteiger partial charge in [0.25, 0.3) is 0 Å². The van der Waals surface area contributed by atoms with E-state index in [0.29, 0.717) is 28.7 Å². The van der Waals surface area contributed by atoms with Gasteiger partial charge in [0, 0.05) is 5.56 Å². The van der Waals surface area contributed by atoms with E-state index in [1.165, 1.54) is 11.6 Å². The van der Waals surface area contributed by atoms with E-state index in [9.17, 15) is 0 Å². The summed E-state index contributed by atoms with van der Waals surface area (Å²) in [6.45, 7) is 4.21. The van der Waals surface area contributed by atoms with Gasteiger partial charge in [-0.25, -0.2) is 4.39 Å². The monoisotopic (exact) mass is 438 g/mol. The molecule has 0 atom stereocenters. The van der Waals surface area contributed by atoms with Crippen LogP contribution in [0.4, 0.5) is 13.2 Å². The topological polar surface area (TPSA) is 9.23 Å². The van der Waals surface area contributed by atoms with E-state index in [-0.39, 0.29) is 11.3 Å². The first-order valence-electron chi connectivity index (χ1n) is 11.6. The molecular formula is C28H29F3O. The average Bonchev–Trinajstić information content (AvgIpc) is 2.80. The molecule has 168 valence electrons. The van der Waals surface area contributed by atoms with Gasteiger partial charge < -0.3 is 4.74 Å². The van der Waals surface area contributed by atoms with Crippen molar-refractivity contribution in [1.29, 1.82) is 0 Å². The Morgan fingerprint density at radius 2 is 1.47 bits per heavy atom. The second kappa shape index (κ2) is 9.40. The van der Waals surface area contributed by atoms with Crippen LogP contribution in [-0.4, -0.2) is 0 Å². The van der Waals surface area contributed by atoms with Crippen molar-refractivity contribution < 1.29 is 17.9 Å². The van der Waals surface area contributed by atoms with Gasteiger partial charge in [-0.3, -0.25) is 0 Å². The number of alkyl halides is 2. The fourth-order valence-electron chi connectivity index (χ4n) is 4.34. The van der Waals surface area contributed by atoms with Crippen molar-refractivity contribution in [3.05, 3.63) is 77.1 Å².